The van der Waals surface area contributed by atoms with E-state index in [1.807, 2.05) is 34.9 Å². The lowest BCUT2D eigenvalue weighted by molar-refractivity contribution is 0.155. The summed E-state index contributed by atoms with van der Waals surface area (Å²) in [5.74, 6) is 2.76. The maximum atomic E-state index is 10.6. The van der Waals surface area contributed by atoms with Crippen LogP contribution >= 0.6 is 11.8 Å². The van der Waals surface area contributed by atoms with Crippen LogP contribution in [0.25, 0.3) is 0 Å². The maximum absolute atomic E-state index is 10.6. The van der Waals surface area contributed by atoms with Gasteiger partial charge in [0.05, 0.1) is 13.2 Å². The number of aliphatic hydroxyl groups excluding tert-OH is 2. The summed E-state index contributed by atoms with van der Waals surface area (Å²) < 4.78 is 0. The van der Waals surface area contributed by atoms with Gasteiger partial charge >= 0.3 is 0 Å². The van der Waals surface area contributed by atoms with E-state index in [-0.39, 0.29) is 13.2 Å². The Morgan fingerprint density at radius 2 is 1.48 bits per heavy atom. The zero-order chi connectivity index (χ0) is 19.7. The van der Waals surface area contributed by atoms with Gasteiger partial charge in [-0.05, 0) is 36.3 Å². The van der Waals surface area contributed by atoms with Gasteiger partial charge in [-0.2, -0.15) is 11.8 Å². The van der Waals surface area contributed by atoms with E-state index >= 15 is 0 Å². The number of hydrogen-bond donors (Lipinski definition) is 3. The van der Waals surface area contributed by atoms with E-state index < -0.39 is 0 Å². The van der Waals surface area contributed by atoms with E-state index in [0.29, 0.717) is 25.4 Å². The van der Waals surface area contributed by atoms with Crippen molar-refractivity contribution in [3.8, 4) is 5.75 Å². The monoisotopic (exact) mass is 397 g/mol. The third-order valence-corrected chi connectivity index (χ3v) is 5.96. The molecule has 0 saturated heterocycles. The third kappa shape index (κ3) is 11.0. The number of rotatable bonds is 17. The molecular formula is C22H39NO3S. The molecule has 0 bridgehead atoms. The fourth-order valence-electron chi connectivity index (χ4n) is 3.22. The van der Waals surface area contributed by atoms with Crippen molar-refractivity contribution in [2.24, 2.45) is 0 Å². The summed E-state index contributed by atoms with van der Waals surface area (Å²) in [4.78, 5) is 1.95. The molecular weight excluding hydrogens is 358 g/mol. The molecule has 5 heteroatoms. The van der Waals surface area contributed by atoms with Crippen molar-refractivity contribution in [2.45, 2.75) is 64.8 Å². The minimum atomic E-state index is 0.0519. The molecule has 0 aromatic heterocycles. The van der Waals surface area contributed by atoms with E-state index in [1.165, 1.54) is 44.3 Å². The van der Waals surface area contributed by atoms with Crippen molar-refractivity contribution in [1.29, 1.82) is 0 Å². The predicted octanol–water partition coefficient (Wildman–Crippen LogP) is 4.21. The quantitative estimate of drug-likeness (QED) is 0.344. The topological polar surface area (TPSA) is 63.9 Å². The van der Waals surface area contributed by atoms with E-state index in [9.17, 15) is 5.11 Å². The second kappa shape index (κ2) is 16.2. The lowest BCUT2D eigenvalue weighted by Gasteiger charge is -2.21. The standard InChI is InChI=1S/C22H39NO3S/c1-2-3-4-5-6-7-17-27-18-9-12-20-10-8-11-21(22(20)26)19-23(13-15-24)14-16-25/h8,10-11,24-26H,2-7,9,12-19H2,1H3. The number of aliphatic hydroxyl groups is 2. The number of benzene rings is 1. The van der Waals surface area contributed by atoms with Crippen LogP contribution in [0.4, 0.5) is 0 Å². The zero-order valence-corrected chi connectivity index (χ0v) is 17.9. The maximum Gasteiger partial charge on any atom is 0.123 e. The molecule has 1 rings (SSSR count). The molecule has 4 nitrogen and oxygen atoms in total. The number of phenolic OH excluding ortho intramolecular Hbond substituents is 1. The van der Waals surface area contributed by atoms with Crippen LogP contribution in [0.1, 0.15) is 63.0 Å². The first-order valence-corrected chi connectivity index (χ1v) is 11.7. The molecule has 0 spiro atoms. The Morgan fingerprint density at radius 3 is 2.19 bits per heavy atom. The minimum absolute atomic E-state index is 0.0519. The number of aryl methyl sites for hydroxylation is 1. The molecule has 0 aliphatic heterocycles. The van der Waals surface area contributed by atoms with Crippen LogP contribution in [0.3, 0.4) is 0 Å². The highest BCUT2D eigenvalue weighted by Gasteiger charge is 2.11. The van der Waals surface area contributed by atoms with Crippen LogP contribution in [0.5, 0.6) is 5.75 Å². The normalized spacial score (nSPS) is 11.4. The SMILES string of the molecule is CCCCCCCCSCCCc1cccc(CN(CCO)CCO)c1O. The average Bonchev–Trinajstić information content (AvgIpc) is 2.66. The first-order chi connectivity index (χ1) is 13.2. The van der Waals surface area contributed by atoms with Gasteiger partial charge in [0.1, 0.15) is 5.75 Å². The highest BCUT2D eigenvalue weighted by atomic mass is 32.2. The van der Waals surface area contributed by atoms with Crippen molar-refractivity contribution in [3.63, 3.8) is 0 Å². The van der Waals surface area contributed by atoms with Crippen LogP contribution in [-0.4, -0.2) is 58.0 Å². The third-order valence-electron chi connectivity index (χ3n) is 4.81. The van der Waals surface area contributed by atoms with Gasteiger partial charge in [0.2, 0.25) is 0 Å². The fraction of sp³-hybridized carbons (Fsp3) is 0.727. The number of thioether (sulfide) groups is 1. The Labute approximate surface area is 170 Å². The van der Waals surface area contributed by atoms with Crippen LogP contribution in [0, 0.1) is 0 Å². The number of unbranched alkanes of at least 4 members (excludes halogenated alkanes) is 5. The molecule has 0 saturated carbocycles. The first-order valence-electron chi connectivity index (χ1n) is 10.5. The summed E-state index contributed by atoms with van der Waals surface area (Å²) in [5, 5.41) is 28.8. The molecule has 0 radical (unpaired) electrons. The summed E-state index contributed by atoms with van der Waals surface area (Å²) >= 11 is 2.02. The molecule has 0 heterocycles. The Hall–Kier alpha value is -0.750. The van der Waals surface area contributed by atoms with E-state index in [0.717, 1.165) is 29.7 Å². The highest BCUT2D eigenvalue weighted by Crippen LogP contribution is 2.25. The lowest BCUT2D eigenvalue weighted by atomic mass is 10.0. The number of nitrogens with zero attached hydrogens (tertiary/aromatic N) is 1. The van der Waals surface area contributed by atoms with Gasteiger partial charge in [0.15, 0.2) is 0 Å². The van der Waals surface area contributed by atoms with Gasteiger partial charge in [-0.3, -0.25) is 4.90 Å². The molecule has 0 amide bonds. The summed E-state index contributed by atoms with van der Waals surface area (Å²) in [6, 6.07) is 5.91. The molecule has 156 valence electrons. The molecule has 27 heavy (non-hydrogen) atoms. The summed E-state index contributed by atoms with van der Waals surface area (Å²) in [5.41, 5.74) is 1.87. The summed E-state index contributed by atoms with van der Waals surface area (Å²) in [7, 11) is 0. The first kappa shape index (κ1) is 24.3. The number of aromatic hydroxyl groups is 1. The molecule has 0 unspecified atom stereocenters. The summed E-state index contributed by atoms with van der Waals surface area (Å²) in [6.07, 6.45) is 10.1. The number of para-hydroxylation sites is 1. The predicted molar refractivity (Wildman–Crippen MR) is 117 cm³/mol. The molecule has 0 aliphatic carbocycles. The van der Waals surface area contributed by atoms with Gasteiger partial charge in [-0.1, -0.05) is 57.2 Å². The van der Waals surface area contributed by atoms with Crippen LogP contribution in [0.15, 0.2) is 18.2 Å². The van der Waals surface area contributed by atoms with Gasteiger partial charge in [-0.15, -0.1) is 0 Å². The van der Waals surface area contributed by atoms with E-state index in [1.54, 1.807) is 0 Å². The molecule has 0 aliphatic rings. The Kier molecular flexibility index (Phi) is 14.6. The van der Waals surface area contributed by atoms with Crippen molar-refractivity contribution >= 4 is 11.8 Å². The Bertz CT molecular complexity index is 479. The van der Waals surface area contributed by atoms with Crippen molar-refractivity contribution < 1.29 is 15.3 Å². The van der Waals surface area contributed by atoms with Gasteiger partial charge < -0.3 is 15.3 Å². The van der Waals surface area contributed by atoms with E-state index in [2.05, 4.69) is 6.92 Å². The molecule has 1 aromatic carbocycles. The van der Waals surface area contributed by atoms with Crippen molar-refractivity contribution in [2.75, 3.05) is 37.8 Å². The minimum Gasteiger partial charge on any atom is -0.507 e. The molecule has 1 aromatic rings. The van der Waals surface area contributed by atoms with Gasteiger partial charge in [0.25, 0.3) is 0 Å². The van der Waals surface area contributed by atoms with E-state index in [4.69, 9.17) is 10.2 Å². The van der Waals surface area contributed by atoms with Gasteiger partial charge in [-0.25, -0.2) is 0 Å². The largest absolute Gasteiger partial charge is 0.507 e. The number of phenols is 1. The second-order valence-electron chi connectivity index (χ2n) is 7.13. The second-order valence-corrected chi connectivity index (χ2v) is 8.36. The smallest absolute Gasteiger partial charge is 0.123 e. The average molecular weight is 398 g/mol. The van der Waals surface area contributed by atoms with Crippen molar-refractivity contribution in [1.82, 2.24) is 4.90 Å². The lowest BCUT2D eigenvalue weighted by Crippen LogP contribution is -2.29. The summed E-state index contributed by atoms with van der Waals surface area (Å²) in [6.45, 7) is 3.91. The van der Waals surface area contributed by atoms with Crippen LogP contribution < -0.4 is 0 Å². The number of hydrogen-bond acceptors (Lipinski definition) is 5. The fourth-order valence-corrected chi connectivity index (χ4v) is 4.18. The Balaban J connectivity index is 2.29. The molecule has 0 atom stereocenters. The highest BCUT2D eigenvalue weighted by molar-refractivity contribution is 7.99. The van der Waals surface area contributed by atoms with Crippen LogP contribution in [-0.2, 0) is 13.0 Å². The zero-order valence-electron chi connectivity index (χ0n) is 17.0. The van der Waals surface area contributed by atoms with Gasteiger partial charge in [0, 0.05) is 25.2 Å². The molecule has 0 fully saturated rings. The molecule has 3 N–H and O–H groups in total. The van der Waals surface area contributed by atoms with Crippen LogP contribution in [0.2, 0.25) is 0 Å². The Morgan fingerprint density at radius 1 is 0.852 bits per heavy atom. The van der Waals surface area contributed by atoms with Crippen molar-refractivity contribution in [3.05, 3.63) is 29.3 Å².